The lowest BCUT2D eigenvalue weighted by Crippen LogP contribution is -2.50. The highest BCUT2D eigenvalue weighted by Gasteiger charge is 2.43. The van der Waals surface area contributed by atoms with Gasteiger partial charge in [0, 0.05) is 17.0 Å². The second-order valence-electron chi connectivity index (χ2n) is 6.42. The molecule has 0 unspecified atom stereocenters. The van der Waals surface area contributed by atoms with Crippen LogP contribution in [0.5, 0.6) is 0 Å². The third-order valence-corrected chi connectivity index (χ3v) is 8.05. The van der Waals surface area contributed by atoms with E-state index in [0.717, 1.165) is 33.5 Å². The Morgan fingerprint density at radius 1 is 1.22 bits per heavy atom. The molecule has 3 rings (SSSR count). The molecule has 0 saturated heterocycles. The van der Waals surface area contributed by atoms with Gasteiger partial charge in [0.25, 0.3) is 0 Å². The van der Waals surface area contributed by atoms with Crippen molar-refractivity contribution in [1.29, 1.82) is 0 Å². The van der Waals surface area contributed by atoms with Crippen molar-refractivity contribution in [3.63, 3.8) is 0 Å². The number of carbonyl (C=O) groups excluding carboxylic acids is 1. The molecule has 1 aromatic heterocycles. The summed E-state index contributed by atoms with van der Waals surface area (Å²) < 4.78 is 0.931. The zero-order chi connectivity index (χ0) is 16.8. The average molecular weight is 364 g/mol. The van der Waals surface area contributed by atoms with E-state index in [1.54, 1.807) is 20.7 Å². The van der Waals surface area contributed by atoms with Crippen molar-refractivity contribution in [2.24, 2.45) is 5.92 Å². The van der Waals surface area contributed by atoms with E-state index in [1.807, 2.05) is 17.0 Å². The van der Waals surface area contributed by atoms with E-state index in [4.69, 9.17) is 12.2 Å². The van der Waals surface area contributed by atoms with Crippen LogP contribution in [0.2, 0.25) is 0 Å². The molecule has 0 saturated carbocycles. The Morgan fingerprint density at radius 2 is 1.87 bits per heavy atom. The van der Waals surface area contributed by atoms with E-state index in [9.17, 15) is 4.79 Å². The summed E-state index contributed by atoms with van der Waals surface area (Å²) in [5, 5.41) is 0. The van der Waals surface area contributed by atoms with Crippen LogP contribution in [0.25, 0.3) is 11.1 Å². The predicted molar refractivity (Wildman–Crippen MR) is 103 cm³/mol. The number of hydrogen-bond acceptors (Lipinski definition) is 4. The summed E-state index contributed by atoms with van der Waals surface area (Å²) in [5.41, 5.74) is 2.90. The fourth-order valence-electron chi connectivity index (χ4n) is 3.39. The molecule has 23 heavy (non-hydrogen) atoms. The van der Waals surface area contributed by atoms with Crippen molar-refractivity contribution in [3.8, 4) is 11.1 Å². The first-order chi connectivity index (χ1) is 10.9. The molecule has 0 spiro atoms. The zero-order valence-corrected chi connectivity index (χ0v) is 16.3. The Labute approximate surface area is 150 Å². The summed E-state index contributed by atoms with van der Waals surface area (Å²) in [7, 11) is 3.35. The van der Waals surface area contributed by atoms with Crippen LogP contribution in [-0.2, 0) is 10.3 Å². The van der Waals surface area contributed by atoms with E-state index >= 15 is 0 Å². The number of hydrogen-bond donors (Lipinski definition) is 0. The van der Waals surface area contributed by atoms with Crippen LogP contribution in [0.15, 0.2) is 24.3 Å². The Bertz CT molecular complexity index is 799. The van der Waals surface area contributed by atoms with E-state index < -0.39 is 0 Å². The number of nitrogens with zero attached hydrogens (tertiary/aromatic N) is 1. The van der Waals surface area contributed by atoms with E-state index in [2.05, 4.69) is 39.8 Å². The standard InChI is InChI=1S/C18H21NOS3/c1-5-11(6-2)16(20)19-13-10-8-7-9-12(13)14-15(18(19,3)4)22-23-17(14)21/h7-11H,5-6H2,1-4H3. The van der Waals surface area contributed by atoms with Gasteiger partial charge < -0.3 is 4.90 Å². The molecule has 1 amide bonds. The highest BCUT2D eigenvalue weighted by atomic mass is 32.9. The molecule has 2 heterocycles. The number of carbonyl (C=O) groups is 1. The number of amides is 1. The number of benzene rings is 1. The summed E-state index contributed by atoms with van der Waals surface area (Å²) in [6.45, 7) is 8.46. The SMILES string of the molecule is CCC(CC)C(=O)N1c2ccccc2-c2c(ssc2=S)C1(C)C. The highest BCUT2D eigenvalue weighted by Crippen LogP contribution is 2.52. The molecule has 0 fully saturated rings. The van der Waals surface area contributed by atoms with Crippen molar-refractivity contribution < 1.29 is 4.79 Å². The number of rotatable bonds is 3. The van der Waals surface area contributed by atoms with Gasteiger partial charge in [0.1, 0.15) is 3.82 Å². The second kappa shape index (κ2) is 6.11. The van der Waals surface area contributed by atoms with E-state index in [0.29, 0.717) is 0 Å². The molecule has 122 valence electrons. The quantitative estimate of drug-likeness (QED) is 0.476. The lowest BCUT2D eigenvalue weighted by atomic mass is 9.85. The van der Waals surface area contributed by atoms with Gasteiger partial charge in [-0.15, -0.1) is 0 Å². The number of anilines is 1. The molecule has 1 aromatic carbocycles. The second-order valence-corrected chi connectivity index (χ2v) is 9.24. The van der Waals surface area contributed by atoms with Crippen molar-refractivity contribution in [3.05, 3.63) is 33.0 Å². The van der Waals surface area contributed by atoms with Gasteiger partial charge in [0.15, 0.2) is 0 Å². The maximum Gasteiger partial charge on any atom is 0.230 e. The Hall–Kier alpha value is -1.04. The van der Waals surface area contributed by atoms with Gasteiger partial charge in [-0.2, -0.15) is 0 Å². The average Bonchev–Trinajstić information content (AvgIpc) is 2.91. The monoisotopic (exact) mass is 363 g/mol. The molecular weight excluding hydrogens is 342 g/mol. The van der Waals surface area contributed by atoms with Gasteiger partial charge in [0.05, 0.1) is 16.1 Å². The summed E-state index contributed by atoms with van der Waals surface area (Å²) >= 11 is 5.58. The number of fused-ring (bicyclic) bond motifs is 3. The van der Waals surface area contributed by atoms with Crippen LogP contribution in [0.1, 0.15) is 45.4 Å². The fourth-order valence-corrected chi connectivity index (χ4v) is 6.67. The Balaban J connectivity index is 2.26. The molecule has 5 heteroatoms. The molecule has 0 radical (unpaired) electrons. The molecule has 2 aromatic rings. The molecule has 0 atom stereocenters. The third-order valence-electron chi connectivity index (χ3n) is 4.72. The van der Waals surface area contributed by atoms with Gasteiger partial charge in [-0.05, 0) is 32.8 Å². The number of para-hydroxylation sites is 1. The highest BCUT2D eigenvalue weighted by molar-refractivity contribution is 7.80. The molecule has 0 aliphatic carbocycles. The summed E-state index contributed by atoms with van der Waals surface area (Å²) in [6.07, 6.45) is 1.74. The van der Waals surface area contributed by atoms with Gasteiger partial charge in [-0.1, -0.05) is 64.9 Å². The van der Waals surface area contributed by atoms with Gasteiger partial charge >= 0.3 is 0 Å². The van der Waals surface area contributed by atoms with Gasteiger partial charge in [-0.25, -0.2) is 0 Å². The van der Waals surface area contributed by atoms with Crippen LogP contribution in [0.3, 0.4) is 0 Å². The normalized spacial score (nSPS) is 15.4. The molecule has 2 nitrogen and oxygen atoms in total. The van der Waals surface area contributed by atoms with Crippen molar-refractivity contribution in [2.75, 3.05) is 4.90 Å². The van der Waals surface area contributed by atoms with Gasteiger partial charge in [-0.3, -0.25) is 4.79 Å². The lowest BCUT2D eigenvalue weighted by Gasteiger charge is -2.44. The summed E-state index contributed by atoms with van der Waals surface area (Å²) in [4.78, 5) is 16.5. The summed E-state index contributed by atoms with van der Waals surface area (Å²) in [5.74, 6) is 0.290. The maximum absolute atomic E-state index is 13.3. The molecule has 1 aliphatic heterocycles. The first-order valence-corrected chi connectivity index (χ1v) is 10.6. The molecular formula is C18H21NOS3. The van der Waals surface area contributed by atoms with Crippen LogP contribution < -0.4 is 4.90 Å². The third kappa shape index (κ3) is 2.49. The van der Waals surface area contributed by atoms with Crippen LogP contribution in [-0.4, -0.2) is 5.91 Å². The zero-order valence-electron chi connectivity index (χ0n) is 13.9. The van der Waals surface area contributed by atoms with Crippen molar-refractivity contribution >= 4 is 44.5 Å². The molecule has 0 N–H and O–H groups in total. The van der Waals surface area contributed by atoms with Crippen LogP contribution in [0.4, 0.5) is 5.69 Å². The smallest absolute Gasteiger partial charge is 0.230 e. The van der Waals surface area contributed by atoms with E-state index in [-0.39, 0.29) is 17.4 Å². The topological polar surface area (TPSA) is 20.3 Å². The Morgan fingerprint density at radius 3 is 2.52 bits per heavy atom. The minimum absolute atomic E-state index is 0.0653. The predicted octanol–water partition coefficient (Wildman–Crippen LogP) is 6.22. The molecule has 1 aliphatic rings. The van der Waals surface area contributed by atoms with Gasteiger partial charge in [0.2, 0.25) is 5.91 Å². The van der Waals surface area contributed by atoms with Crippen molar-refractivity contribution in [2.45, 2.75) is 46.1 Å². The lowest BCUT2D eigenvalue weighted by molar-refractivity contribution is -0.123. The first-order valence-electron chi connectivity index (χ1n) is 8.00. The van der Waals surface area contributed by atoms with Crippen LogP contribution >= 0.6 is 32.9 Å². The molecule has 0 bridgehead atoms. The minimum atomic E-state index is -0.360. The first kappa shape index (κ1) is 16.8. The van der Waals surface area contributed by atoms with Crippen LogP contribution in [0, 0.1) is 9.74 Å². The van der Waals surface area contributed by atoms with E-state index in [1.165, 1.54) is 4.88 Å². The Kier molecular flexibility index (Phi) is 4.47. The minimum Gasteiger partial charge on any atom is -0.301 e. The maximum atomic E-state index is 13.3. The summed E-state index contributed by atoms with van der Waals surface area (Å²) in [6, 6.07) is 8.17. The largest absolute Gasteiger partial charge is 0.301 e. The fraction of sp³-hybridized carbons (Fsp3) is 0.444. The van der Waals surface area contributed by atoms with Crippen molar-refractivity contribution in [1.82, 2.24) is 0 Å².